The van der Waals surface area contributed by atoms with E-state index < -0.39 is 5.97 Å². The van der Waals surface area contributed by atoms with Crippen LogP contribution in [0.1, 0.15) is 65.2 Å². The van der Waals surface area contributed by atoms with E-state index in [9.17, 15) is 9.59 Å². The second-order valence-corrected chi connectivity index (χ2v) is 5.97. The molecule has 1 rings (SSSR count). The first-order valence-corrected chi connectivity index (χ1v) is 7.77. The van der Waals surface area contributed by atoms with Crippen molar-refractivity contribution in [2.75, 3.05) is 6.54 Å². The number of carbonyl (C=O) groups excluding carboxylic acids is 1. The Morgan fingerprint density at radius 1 is 1.25 bits per heavy atom. The fraction of sp³-hybridized carbons (Fsp3) is 0.867. The zero-order valence-electron chi connectivity index (χ0n) is 12.7. The molecule has 0 aliphatic heterocycles. The maximum Gasteiger partial charge on any atom is 0.315 e. The maximum atomic E-state index is 11.9. The zero-order chi connectivity index (χ0) is 15.0. The van der Waals surface area contributed by atoms with Crippen LogP contribution in [-0.2, 0) is 4.79 Å². The van der Waals surface area contributed by atoms with Gasteiger partial charge in [-0.25, -0.2) is 4.79 Å². The number of rotatable bonds is 8. The molecule has 1 unspecified atom stereocenters. The molecular weight excluding hydrogens is 256 g/mol. The van der Waals surface area contributed by atoms with Gasteiger partial charge in [0.1, 0.15) is 0 Å². The van der Waals surface area contributed by atoms with Crippen molar-refractivity contribution in [3.8, 4) is 0 Å². The van der Waals surface area contributed by atoms with E-state index in [1.54, 1.807) is 0 Å². The Balaban J connectivity index is 2.38. The molecule has 2 amide bonds. The number of carboxylic acid groups (broad SMARTS) is 1. The topological polar surface area (TPSA) is 78.4 Å². The fourth-order valence-corrected chi connectivity index (χ4v) is 3.07. The van der Waals surface area contributed by atoms with Crippen LogP contribution in [0.4, 0.5) is 4.79 Å². The van der Waals surface area contributed by atoms with Crippen molar-refractivity contribution in [2.24, 2.45) is 5.41 Å². The minimum atomic E-state index is -0.871. The van der Waals surface area contributed by atoms with Crippen molar-refractivity contribution in [3.05, 3.63) is 0 Å². The smallest absolute Gasteiger partial charge is 0.315 e. The van der Waals surface area contributed by atoms with E-state index in [0.29, 0.717) is 13.0 Å². The van der Waals surface area contributed by atoms with E-state index in [1.165, 1.54) is 25.7 Å². The number of urea groups is 1. The molecule has 0 aromatic rings. The van der Waals surface area contributed by atoms with Crippen molar-refractivity contribution in [1.82, 2.24) is 10.6 Å². The van der Waals surface area contributed by atoms with Crippen molar-refractivity contribution < 1.29 is 14.7 Å². The van der Waals surface area contributed by atoms with E-state index in [-0.39, 0.29) is 23.9 Å². The van der Waals surface area contributed by atoms with Gasteiger partial charge in [-0.1, -0.05) is 33.1 Å². The number of hydrogen-bond donors (Lipinski definition) is 3. The Bertz CT molecular complexity index is 325. The summed E-state index contributed by atoms with van der Waals surface area (Å²) >= 11 is 0. The van der Waals surface area contributed by atoms with E-state index in [4.69, 9.17) is 5.11 Å². The van der Waals surface area contributed by atoms with Gasteiger partial charge in [-0.3, -0.25) is 4.79 Å². The standard InChI is InChI=1S/C15H28N2O3/c1-3-7-12(10-13(18)19)17-14(20)16-11-15(4-2)8-5-6-9-15/h12H,3-11H2,1-2H3,(H,18,19)(H2,16,17,20). The van der Waals surface area contributed by atoms with Gasteiger partial charge in [-0.05, 0) is 31.1 Å². The summed E-state index contributed by atoms with van der Waals surface area (Å²) in [6, 6.07) is -0.511. The van der Waals surface area contributed by atoms with Crippen LogP contribution in [0.3, 0.4) is 0 Å². The molecule has 5 heteroatoms. The highest BCUT2D eigenvalue weighted by atomic mass is 16.4. The third-order valence-electron chi connectivity index (χ3n) is 4.43. The number of hydrogen-bond acceptors (Lipinski definition) is 2. The number of aliphatic carboxylic acids is 1. The van der Waals surface area contributed by atoms with E-state index in [2.05, 4.69) is 17.6 Å². The molecular formula is C15H28N2O3. The maximum absolute atomic E-state index is 11.9. The van der Waals surface area contributed by atoms with Gasteiger partial charge in [0.25, 0.3) is 0 Å². The van der Waals surface area contributed by atoms with Gasteiger partial charge >= 0.3 is 12.0 Å². The first-order chi connectivity index (χ1) is 9.51. The van der Waals surface area contributed by atoms with Crippen LogP contribution in [-0.4, -0.2) is 29.7 Å². The summed E-state index contributed by atoms with van der Waals surface area (Å²) in [6.45, 7) is 4.86. The lowest BCUT2D eigenvalue weighted by Crippen LogP contribution is -2.46. The van der Waals surface area contributed by atoms with Crippen molar-refractivity contribution >= 4 is 12.0 Å². The minimum absolute atomic E-state index is 0.0137. The summed E-state index contributed by atoms with van der Waals surface area (Å²) < 4.78 is 0. The Morgan fingerprint density at radius 2 is 1.90 bits per heavy atom. The first kappa shape index (κ1) is 16.8. The Hall–Kier alpha value is -1.26. The summed E-state index contributed by atoms with van der Waals surface area (Å²) in [4.78, 5) is 22.7. The van der Waals surface area contributed by atoms with Gasteiger partial charge in [-0.2, -0.15) is 0 Å². The highest BCUT2D eigenvalue weighted by Gasteiger charge is 2.32. The van der Waals surface area contributed by atoms with Crippen molar-refractivity contribution in [1.29, 1.82) is 0 Å². The molecule has 1 aliphatic carbocycles. The molecule has 3 N–H and O–H groups in total. The van der Waals surface area contributed by atoms with Crippen molar-refractivity contribution in [2.45, 2.75) is 71.3 Å². The van der Waals surface area contributed by atoms with Crippen LogP contribution >= 0.6 is 0 Å². The monoisotopic (exact) mass is 284 g/mol. The number of nitrogens with one attached hydrogen (secondary N) is 2. The van der Waals surface area contributed by atoms with Gasteiger partial charge in [0, 0.05) is 12.6 Å². The molecule has 1 saturated carbocycles. The molecule has 5 nitrogen and oxygen atoms in total. The van der Waals surface area contributed by atoms with Gasteiger partial charge in [0.05, 0.1) is 6.42 Å². The predicted octanol–water partition coefficient (Wildman–Crippen LogP) is 2.90. The third-order valence-corrected chi connectivity index (χ3v) is 4.43. The Labute approximate surface area is 121 Å². The molecule has 0 bridgehead atoms. The third kappa shape index (κ3) is 5.39. The van der Waals surface area contributed by atoms with Gasteiger partial charge in [0.15, 0.2) is 0 Å². The van der Waals surface area contributed by atoms with Crippen LogP contribution in [0.5, 0.6) is 0 Å². The SMILES string of the molecule is CCCC(CC(=O)O)NC(=O)NCC1(CC)CCCC1. The predicted molar refractivity (Wildman–Crippen MR) is 78.7 cm³/mol. The molecule has 1 fully saturated rings. The van der Waals surface area contributed by atoms with Crippen LogP contribution < -0.4 is 10.6 Å². The molecule has 0 aromatic carbocycles. The quantitative estimate of drug-likeness (QED) is 0.641. The summed E-state index contributed by atoms with van der Waals surface area (Å²) in [5.41, 5.74) is 0.254. The van der Waals surface area contributed by atoms with E-state index >= 15 is 0 Å². The van der Waals surface area contributed by atoms with Crippen molar-refractivity contribution in [3.63, 3.8) is 0 Å². The molecule has 0 spiro atoms. The lowest BCUT2D eigenvalue weighted by atomic mass is 9.83. The fourth-order valence-electron chi connectivity index (χ4n) is 3.07. The lowest BCUT2D eigenvalue weighted by molar-refractivity contribution is -0.137. The molecule has 0 aromatic heterocycles. The Kier molecular flexibility index (Phi) is 6.82. The summed E-state index contributed by atoms with van der Waals surface area (Å²) in [5, 5.41) is 14.6. The van der Waals surface area contributed by atoms with Crippen LogP contribution in [0.2, 0.25) is 0 Å². The zero-order valence-corrected chi connectivity index (χ0v) is 12.7. The number of carboxylic acids is 1. The minimum Gasteiger partial charge on any atom is -0.481 e. The Morgan fingerprint density at radius 3 is 2.40 bits per heavy atom. The molecule has 0 saturated heterocycles. The van der Waals surface area contributed by atoms with Crippen LogP contribution in [0.15, 0.2) is 0 Å². The highest BCUT2D eigenvalue weighted by molar-refractivity contribution is 5.75. The first-order valence-electron chi connectivity index (χ1n) is 7.77. The van der Waals surface area contributed by atoms with Gasteiger partial charge < -0.3 is 15.7 Å². The molecule has 1 atom stereocenters. The molecule has 1 aliphatic rings. The normalized spacial score (nSPS) is 18.5. The van der Waals surface area contributed by atoms with E-state index in [1.807, 2.05) is 6.92 Å². The number of carbonyl (C=O) groups is 2. The lowest BCUT2D eigenvalue weighted by Gasteiger charge is -2.28. The van der Waals surface area contributed by atoms with E-state index in [0.717, 1.165) is 12.8 Å². The average Bonchev–Trinajstić information content (AvgIpc) is 2.85. The van der Waals surface area contributed by atoms with Gasteiger partial charge in [-0.15, -0.1) is 0 Å². The largest absolute Gasteiger partial charge is 0.481 e. The second kappa shape index (κ2) is 8.12. The summed E-state index contributed by atoms with van der Waals surface area (Å²) in [7, 11) is 0. The number of amides is 2. The molecule has 0 radical (unpaired) electrons. The molecule has 20 heavy (non-hydrogen) atoms. The average molecular weight is 284 g/mol. The summed E-state index contributed by atoms with van der Waals surface area (Å²) in [5.74, 6) is -0.871. The van der Waals surface area contributed by atoms with Crippen LogP contribution in [0.25, 0.3) is 0 Å². The van der Waals surface area contributed by atoms with Crippen LogP contribution in [0, 0.1) is 5.41 Å². The highest BCUT2D eigenvalue weighted by Crippen LogP contribution is 2.40. The van der Waals surface area contributed by atoms with Gasteiger partial charge in [0.2, 0.25) is 0 Å². The molecule has 0 heterocycles. The molecule has 116 valence electrons. The second-order valence-electron chi connectivity index (χ2n) is 5.97. The summed E-state index contributed by atoms with van der Waals surface area (Å²) in [6.07, 6.45) is 7.47.